The van der Waals surface area contributed by atoms with Gasteiger partial charge in [-0.1, -0.05) is 49.4 Å². The zero-order valence-corrected chi connectivity index (χ0v) is 21.0. The number of hydrogen-bond acceptors (Lipinski definition) is 6. The largest absolute Gasteiger partial charge is 0.454 e. The fourth-order valence-electron chi connectivity index (χ4n) is 4.79. The molecule has 0 unspecified atom stereocenters. The minimum Gasteiger partial charge on any atom is -0.454 e. The lowest BCUT2D eigenvalue weighted by atomic mass is 9.87. The molecule has 7 nitrogen and oxygen atoms in total. The first-order chi connectivity index (χ1) is 17.4. The molecule has 0 saturated heterocycles. The zero-order chi connectivity index (χ0) is 25.3. The van der Waals surface area contributed by atoms with Gasteiger partial charge in [0.15, 0.2) is 11.5 Å². The molecule has 0 atom stereocenters. The highest BCUT2D eigenvalue weighted by atomic mass is 32.2. The number of aliphatic hydroxyl groups excluding tert-OH is 1. The molecule has 1 heterocycles. The predicted molar refractivity (Wildman–Crippen MR) is 138 cm³/mol. The van der Waals surface area contributed by atoms with Gasteiger partial charge in [-0.25, -0.2) is 8.42 Å². The van der Waals surface area contributed by atoms with Crippen molar-refractivity contribution in [2.75, 3.05) is 26.5 Å². The van der Waals surface area contributed by atoms with Gasteiger partial charge < -0.3 is 14.6 Å². The van der Waals surface area contributed by atoms with Crippen LogP contribution in [0.4, 0.5) is 0 Å². The second-order valence-electron chi connectivity index (χ2n) is 9.20. The summed E-state index contributed by atoms with van der Waals surface area (Å²) in [6.07, 6.45) is 1.97. The third-order valence-corrected chi connectivity index (χ3v) is 9.02. The quantitative estimate of drug-likeness (QED) is 0.441. The number of Topliss-reactive ketones (excluding diaryl/α,β-unsaturated/α-hetero) is 1. The molecule has 5 rings (SSSR count). The van der Waals surface area contributed by atoms with E-state index in [9.17, 15) is 18.3 Å². The highest BCUT2D eigenvalue weighted by Gasteiger charge is 2.50. The molecule has 8 heteroatoms. The molecule has 190 valence electrons. The minimum absolute atomic E-state index is 0. The summed E-state index contributed by atoms with van der Waals surface area (Å²) < 4.78 is 37.8. The topological polar surface area (TPSA) is 93.1 Å². The van der Waals surface area contributed by atoms with Crippen LogP contribution in [-0.4, -0.2) is 50.1 Å². The smallest absolute Gasteiger partial charge is 0.243 e. The Morgan fingerprint density at radius 3 is 2.44 bits per heavy atom. The molecule has 0 aromatic heterocycles. The summed E-state index contributed by atoms with van der Waals surface area (Å²) in [5, 5.41) is 9.17. The van der Waals surface area contributed by atoms with Crippen molar-refractivity contribution < 1.29 is 29.2 Å². The summed E-state index contributed by atoms with van der Waals surface area (Å²) in [6, 6.07) is 20.3. The van der Waals surface area contributed by atoms with Crippen LogP contribution in [-0.2, 0) is 26.7 Å². The molecule has 0 spiro atoms. The van der Waals surface area contributed by atoms with Crippen molar-refractivity contribution in [3.05, 3.63) is 77.9 Å². The van der Waals surface area contributed by atoms with Gasteiger partial charge in [0, 0.05) is 20.9 Å². The molecule has 36 heavy (non-hydrogen) atoms. The number of aliphatic hydroxyl groups is 1. The number of sulfonamides is 1. The number of likely N-dealkylation sites (N-methyl/N-ethyl adjacent to an activating group) is 1. The van der Waals surface area contributed by atoms with Crippen LogP contribution in [0.25, 0.3) is 11.1 Å². The Labute approximate surface area is 212 Å². The van der Waals surface area contributed by atoms with E-state index in [1.807, 2.05) is 42.5 Å². The third-order valence-electron chi connectivity index (χ3n) is 7.03. The van der Waals surface area contributed by atoms with Gasteiger partial charge >= 0.3 is 0 Å². The van der Waals surface area contributed by atoms with E-state index in [0.717, 1.165) is 35.1 Å². The summed E-state index contributed by atoms with van der Waals surface area (Å²) in [7, 11) is -3.66. The molecule has 1 saturated carbocycles. The van der Waals surface area contributed by atoms with Gasteiger partial charge in [-0.05, 0) is 59.4 Å². The van der Waals surface area contributed by atoms with Crippen LogP contribution in [0.2, 0.25) is 0 Å². The Bertz CT molecular complexity index is 1390. The summed E-state index contributed by atoms with van der Waals surface area (Å²) in [4.78, 5) is 13.6. The summed E-state index contributed by atoms with van der Waals surface area (Å²) in [6.45, 7) is 2.07. The number of carbonyl (C=O) groups is 1. The number of hydrogen-bond donors (Lipinski definition) is 1. The monoisotopic (exact) mass is 509 g/mol. The van der Waals surface area contributed by atoms with Gasteiger partial charge in [0.1, 0.15) is 5.78 Å². The lowest BCUT2D eigenvalue weighted by Crippen LogP contribution is -2.33. The van der Waals surface area contributed by atoms with Gasteiger partial charge in [-0.3, -0.25) is 4.79 Å². The Morgan fingerprint density at radius 1 is 1.00 bits per heavy atom. The standard InChI is InChI=1S/C28H29NO6S.H2/c1-2-29(14-15-30)36(32,33)24-9-6-21(7-10-24)22-5-3-4-20(16-22)17-27(31)28(12-13-28)23-8-11-25-26(18-23)35-19-34-25;/h3-11,16,18,30H,2,12-15,17,19H2,1H3;1H. The Balaban J connectivity index is 0.00000320. The van der Waals surface area contributed by atoms with Crippen LogP contribution in [0.15, 0.2) is 71.6 Å². The molecule has 3 aromatic carbocycles. The van der Waals surface area contributed by atoms with Crippen LogP contribution in [0, 0.1) is 0 Å². The minimum atomic E-state index is -3.66. The second-order valence-corrected chi connectivity index (χ2v) is 11.1. The van der Waals surface area contributed by atoms with E-state index in [-0.39, 0.29) is 38.6 Å². The van der Waals surface area contributed by atoms with Gasteiger partial charge in [-0.2, -0.15) is 4.31 Å². The van der Waals surface area contributed by atoms with Gasteiger partial charge in [-0.15, -0.1) is 0 Å². The number of benzene rings is 3. The van der Waals surface area contributed by atoms with Crippen molar-refractivity contribution in [3.63, 3.8) is 0 Å². The molecule has 0 bridgehead atoms. The third kappa shape index (κ3) is 4.52. The zero-order valence-electron chi connectivity index (χ0n) is 20.1. The Kier molecular flexibility index (Phi) is 6.59. The lowest BCUT2D eigenvalue weighted by molar-refractivity contribution is -0.120. The average molecular weight is 510 g/mol. The molecule has 0 radical (unpaired) electrons. The van der Waals surface area contributed by atoms with E-state index in [0.29, 0.717) is 17.9 Å². The fourth-order valence-corrected chi connectivity index (χ4v) is 6.23. The van der Waals surface area contributed by atoms with Gasteiger partial charge in [0.2, 0.25) is 16.8 Å². The van der Waals surface area contributed by atoms with Crippen molar-refractivity contribution in [2.45, 2.75) is 36.5 Å². The lowest BCUT2D eigenvalue weighted by Gasteiger charge is -2.19. The van der Waals surface area contributed by atoms with E-state index in [1.54, 1.807) is 31.2 Å². The van der Waals surface area contributed by atoms with E-state index in [2.05, 4.69) is 0 Å². The number of ketones is 1. The molecule has 0 amide bonds. The fraction of sp³-hybridized carbons (Fsp3) is 0.321. The maximum absolute atomic E-state index is 13.4. The van der Waals surface area contributed by atoms with E-state index in [1.165, 1.54) is 4.31 Å². The first-order valence-electron chi connectivity index (χ1n) is 12.1. The average Bonchev–Trinajstić information content (AvgIpc) is 3.58. The molecule has 1 N–H and O–H groups in total. The summed E-state index contributed by atoms with van der Waals surface area (Å²) in [5.74, 6) is 1.59. The second kappa shape index (κ2) is 9.69. The number of fused-ring (bicyclic) bond motifs is 1. The number of rotatable bonds is 10. The van der Waals surface area contributed by atoms with Crippen LogP contribution in [0.3, 0.4) is 0 Å². The van der Waals surface area contributed by atoms with Gasteiger partial charge in [0.05, 0.1) is 16.9 Å². The molecule has 1 aliphatic heterocycles. The number of ether oxygens (including phenoxy) is 2. The van der Waals surface area contributed by atoms with Crippen molar-refractivity contribution in [1.82, 2.24) is 4.31 Å². The van der Waals surface area contributed by atoms with Crippen molar-refractivity contribution in [1.29, 1.82) is 0 Å². The molecule has 1 fully saturated rings. The Hall–Kier alpha value is -3.20. The highest BCUT2D eigenvalue weighted by molar-refractivity contribution is 7.89. The molecule has 1 aliphatic carbocycles. The molecule has 2 aliphatic rings. The maximum atomic E-state index is 13.4. The summed E-state index contributed by atoms with van der Waals surface area (Å²) in [5.41, 5.74) is 3.21. The van der Waals surface area contributed by atoms with Crippen molar-refractivity contribution in [2.24, 2.45) is 0 Å². The maximum Gasteiger partial charge on any atom is 0.243 e. The predicted octanol–water partition coefficient (Wildman–Crippen LogP) is 4.17. The van der Waals surface area contributed by atoms with Crippen LogP contribution in [0.1, 0.15) is 32.3 Å². The van der Waals surface area contributed by atoms with Crippen LogP contribution < -0.4 is 9.47 Å². The van der Waals surface area contributed by atoms with Crippen molar-refractivity contribution >= 4 is 15.8 Å². The van der Waals surface area contributed by atoms with E-state index >= 15 is 0 Å². The normalized spacial score (nSPS) is 15.8. The molecule has 3 aromatic rings. The number of nitrogens with zero attached hydrogens (tertiary/aromatic N) is 1. The highest BCUT2D eigenvalue weighted by Crippen LogP contribution is 2.51. The van der Waals surface area contributed by atoms with E-state index in [4.69, 9.17) is 9.47 Å². The first-order valence-corrected chi connectivity index (χ1v) is 13.6. The van der Waals surface area contributed by atoms with Crippen LogP contribution in [0.5, 0.6) is 11.5 Å². The van der Waals surface area contributed by atoms with Crippen molar-refractivity contribution in [3.8, 4) is 22.6 Å². The summed E-state index contributed by atoms with van der Waals surface area (Å²) >= 11 is 0. The van der Waals surface area contributed by atoms with Crippen LogP contribution >= 0.6 is 0 Å². The molecular weight excluding hydrogens is 478 g/mol. The SMILES string of the molecule is CCN(CCO)S(=O)(=O)c1ccc(-c2cccc(CC(=O)C3(c4ccc5c(c4)OCO5)CC3)c2)cc1.[HH]. The van der Waals surface area contributed by atoms with Gasteiger partial charge in [0.25, 0.3) is 0 Å². The first kappa shape index (κ1) is 24.5. The number of carbonyl (C=O) groups excluding carboxylic acids is 1. The Morgan fingerprint density at radius 2 is 1.75 bits per heavy atom. The molecular formula is C28H31NO6S. The van der Waals surface area contributed by atoms with E-state index < -0.39 is 15.4 Å².